The molecule has 0 aliphatic rings. The van der Waals surface area contributed by atoms with Crippen molar-refractivity contribution in [3.8, 4) is 0 Å². The van der Waals surface area contributed by atoms with Gasteiger partial charge in [0.2, 0.25) is 0 Å². The van der Waals surface area contributed by atoms with E-state index in [0.29, 0.717) is 5.69 Å². The minimum absolute atomic E-state index is 0.271. The zero-order chi connectivity index (χ0) is 12.6. The van der Waals surface area contributed by atoms with Crippen LogP contribution in [0.4, 0.5) is 5.69 Å². The third-order valence-electron chi connectivity index (χ3n) is 2.29. The van der Waals surface area contributed by atoms with Crippen LogP contribution >= 0.6 is 27.3 Å². The van der Waals surface area contributed by atoms with Gasteiger partial charge in [-0.05, 0) is 35.0 Å². The monoisotopic (exact) mass is 335 g/mol. The number of nitrogens with one attached hydrogen (secondary N) is 1. The maximum Gasteiger partial charge on any atom is 0.271 e. The molecule has 5 nitrogen and oxygen atoms in total. The second kappa shape index (κ2) is 4.43. The molecule has 92 valence electrons. The van der Waals surface area contributed by atoms with Crippen molar-refractivity contribution in [2.45, 2.75) is 11.1 Å². The van der Waals surface area contributed by atoms with Crippen molar-refractivity contribution in [1.29, 1.82) is 0 Å². The van der Waals surface area contributed by atoms with Crippen LogP contribution in [0, 0.1) is 6.92 Å². The van der Waals surface area contributed by atoms with Gasteiger partial charge in [-0.15, -0.1) is 11.3 Å². The summed E-state index contributed by atoms with van der Waals surface area (Å²) >= 11 is 4.40. The Kier molecular flexibility index (Phi) is 3.28. The van der Waals surface area contributed by atoms with Crippen molar-refractivity contribution in [3.05, 3.63) is 27.8 Å². The molecule has 0 aliphatic carbocycles. The third kappa shape index (κ3) is 2.53. The largest absolute Gasteiger partial charge is 0.275 e. The minimum Gasteiger partial charge on any atom is -0.275 e. The number of thiophene rings is 1. The van der Waals surface area contributed by atoms with E-state index in [-0.39, 0.29) is 4.21 Å². The van der Waals surface area contributed by atoms with Gasteiger partial charge in [-0.3, -0.25) is 9.40 Å². The fourth-order valence-corrected chi connectivity index (χ4v) is 4.35. The molecule has 0 unspecified atom stereocenters. The van der Waals surface area contributed by atoms with Crippen LogP contribution in [0.5, 0.6) is 0 Å². The van der Waals surface area contributed by atoms with Crippen LogP contribution in [0.1, 0.15) is 5.69 Å². The van der Waals surface area contributed by atoms with Gasteiger partial charge >= 0.3 is 0 Å². The molecule has 1 N–H and O–H groups in total. The van der Waals surface area contributed by atoms with E-state index >= 15 is 0 Å². The first-order valence-corrected chi connectivity index (χ1v) is 7.76. The van der Waals surface area contributed by atoms with Gasteiger partial charge in [-0.1, -0.05) is 0 Å². The van der Waals surface area contributed by atoms with Crippen molar-refractivity contribution < 1.29 is 8.42 Å². The van der Waals surface area contributed by atoms with E-state index in [0.717, 1.165) is 9.48 Å². The SMILES string of the molecule is Cc1c(NS(=O)(=O)c2ccc(Br)s2)cnn1C. The Balaban J connectivity index is 2.33. The van der Waals surface area contributed by atoms with Crippen molar-refractivity contribution in [1.82, 2.24) is 9.78 Å². The molecule has 0 fully saturated rings. The van der Waals surface area contributed by atoms with Crippen molar-refractivity contribution in [3.63, 3.8) is 0 Å². The van der Waals surface area contributed by atoms with E-state index in [1.807, 2.05) is 0 Å². The van der Waals surface area contributed by atoms with Gasteiger partial charge in [0.05, 0.1) is 21.4 Å². The van der Waals surface area contributed by atoms with Crippen LogP contribution in [-0.2, 0) is 17.1 Å². The quantitative estimate of drug-likeness (QED) is 0.936. The Morgan fingerprint density at radius 2 is 2.18 bits per heavy atom. The molecule has 0 atom stereocenters. The summed E-state index contributed by atoms with van der Waals surface area (Å²) in [6.45, 7) is 1.80. The van der Waals surface area contributed by atoms with Crippen LogP contribution in [-0.4, -0.2) is 18.2 Å². The lowest BCUT2D eigenvalue weighted by atomic mass is 10.4. The summed E-state index contributed by atoms with van der Waals surface area (Å²) in [5, 5.41) is 3.98. The van der Waals surface area contributed by atoms with Gasteiger partial charge in [-0.2, -0.15) is 5.10 Å². The molecule has 2 rings (SSSR count). The second-order valence-corrected chi connectivity index (χ2v) is 7.80. The van der Waals surface area contributed by atoms with E-state index in [1.54, 1.807) is 30.8 Å². The molecular formula is C9H10BrN3O2S2. The molecule has 17 heavy (non-hydrogen) atoms. The number of nitrogens with zero attached hydrogens (tertiary/aromatic N) is 2. The summed E-state index contributed by atoms with van der Waals surface area (Å²) in [5.41, 5.74) is 1.27. The van der Waals surface area contributed by atoms with Crippen molar-refractivity contribution in [2.24, 2.45) is 7.05 Å². The zero-order valence-corrected chi connectivity index (χ0v) is 12.4. The Labute approximate surface area is 112 Å². The van der Waals surface area contributed by atoms with Crippen LogP contribution in [0.25, 0.3) is 0 Å². The van der Waals surface area contributed by atoms with Crippen LogP contribution in [0.3, 0.4) is 0 Å². The first-order chi connectivity index (χ1) is 7.90. The molecule has 0 radical (unpaired) electrons. The lowest BCUT2D eigenvalue weighted by Crippen LogP contribution is -2.12. The molecule has 0 amide bonds. The average Bonchev–Trinajstić information content (AvgIpc) is 2.80. The highest BCUT2D eigenvalue weighted by molar-refractivity contribution is 9.11. The average molecular weight is 336 g/mol. The third-order valence-corrected chi connectivity index (χ3v) is 5.77. The fourth-order valence-electron chi connectivity index (χ4n) is 1.24. The number of anilines is 1. The van der Waals surface area contributed by atoms with Gasteiger partial charge in [0.25, 0.3) is 10.0 Å². The van der Waals surface area contributed by atoms with Gasteiger partial charge < -0.3 is 0 Å². The van der Waals surface area contributed by atoms with Crippen molar-refractivity contribution >= 4 is 43.0 Å². The van der Waals surface area contributed by atoms with Crippen LogP contribution in [0.15, 0.2) is 26.3 Å². The summed E-state index contributed by atoms with van der Waals surface area (Å²) < 4.78 is 29.2. The van der Waals surface area contributed by atoms with Gasteiger partial charge in [0.15, 0.2) is 0 Å². The molecule has 0 saturated heterocycles. The number of aromatic nitrogens is 2. The van der Waals surface area contributed by atoms with Gasteiger partial charge in [0, 0.05) is 7.05 Å². The van der Waals surface area contributed by atoms with Gasteiger partial charge in [0.1, 0.15) is 4.21 Å². The van der Waals surface area contributed by atoms with Gasteiger partial charge in [-0.25, -0.2) is 8.42 Å². The minimum atomic E-state index is -3.52. The van der Waals surface area contributed by atoms with E-state index in [4.69, 9.17) is 0 Å². The second-order valence-electron chi connectivity index (χ2n) is 3.43. The maximum atomic E-state index is 12.0. The molecular weight excluding hydrogens is 326 g/mol. The Morgan fingerprint density at radius 3 is 2.65 bits per heavy atom. The first kappa shape index (κ1) is 12.6. The lowest BCUT2D eigenvalue weighted by Gasteiger charge is -2.04. The van der Waals surface area contributed by atoms with Crippen LogP contribution in [0.2, 0.25) is 0 Å². The Morgan fingerprint density at radius 1 is 1.47 bits per heavy atom. The molecule has 0 aliphatic heterocycles. The molecule has 0 spiro atoms. The standard InChI is InChI=1S/C9H10BrN3O2S2/c1-6-7(5-11-13(6)2)12-17(14,15)9-4-3-8(10)16-9/h3-5,12H,1-2H3. The first-order valence-electron chi connectivity index (χ1n) is 4.67. The predicted octanol–water partition coefficient (Wildman–Crippen LogP) is 2.35. The molecule has 0 saturated carbocycles. The molecule has 2 aromatic heterocycles. The summed E-state index contributed by atoms with van der Waals surface area (Å²) in [7, 11) is -1.76. The number of halogens is 1. The lowest BCUT2D eigenvalue weighted by molar-refractivity contribution is 0.603. The van der Waals surface area contributed by atoms with Crippen molar-refractivity contribution in [2.75, 3.05) is 4.72 Å². The number of hydrogen-bond acceptors (Lipinski definition) is 4. The molecule has 2 heterocycles. The number of aryl methyl sites for hydroxylation is 1. The van der Waals surface area contributed by atoms with E-state index in [2.05, 4.69) is 25.8 Å². The maximum absolute atomic E-state index is 12.0. The topological polar surface area (TPSA) is 64.0 Å². The smallest absolute Gasteiger partial charge is 0.271 e. The fraction of sp³-hybridized carbons (Fsp3) is 0.222. The highest BCUT2D eigenvalue weighted by Gasteiger charge is 2.18. The Bertz CT molecular complexity index is 645. The molecule has 0 bridgehead atoms. The summed E-state index contributed by atoms with van der Waals surface area (Å²) in [6.07, 6.45) is 1.50. The number of hydrogen-bond donors (Lipinski definition) is 1. The summed E-state index contributed by atoms with van der Waals surface area (Å²) in [4.78, 5) is 0. The van der Waals surface area contributed by atoms with Crippen LogP contribution < -0.4 is 4.72 Å². The molecule has 8 heteroatoms. The summed E-state index contributed by atoms with van der Waals surface area (Å²) in [5.74, 6) is 0. The Hall–Kier alpha value is -0.860. The number of rotatable bonds is 3. The number of sulfonamides is 1. The summed E-state index contributed by atoms with van der Waals surface area (Å²) in [6, 6.07) is 3.26. The predicted molar refractivity (Wildman–Crippen MR) is 70.8 cm³/mol. The highest BCUT2D eigenvalue weighted by Crippen LogP contribution is 2.28. The van der Waals surface area contributed by atoms with E-state index in [1.165, 1.54) is 17.5 Å². The zero-order valence-electron chi connectivity index (χ0n) is 9.14. The van der Waals surface area contributed by atoms with E-state index < -0.39 is 10.0 Å². The normalized spacial score (nSPS) is 11.7. The molecule has 2 aromatic rings. The molecule has 0 aromatic carbocycles. The van der Waals surface area contributed by atoms with E-state index in [9.17, 15) is 8.42 Å². The highest BCUT2D eigenvalue weighted by atomic mass is 79.9.